The Labute approximate surface area is 178 Å². The number of allylic oxidation sites excluding steroid dienone is 1. The van der Waals surface area contributed by atoms with Crippen LogP contribution in [0.5, 0.6) is 0 Å². The second-order valence-corrected chi connectivity index (χ2v) is 8.85. The van der Waals surface area contributed by atoms with Crippen molar-refractivity contribution in [3.63, 3.8) is 0 Å². The van der Waals surface area contributed by atoms with Crippen molar-refractivity contribution in [2.45, 2.75) is 83.7 Å². The minimum absolute atomic E-state index is 0.00432. The van der Waals surface area contributed by atoms with Crippen LogP contribution in [0.15, 0.2) is 23.8 Å². The van der Waals surface area contributed by atoms with E-state index in [2.05, 4.69) is 0 Å². The van der Waals surface area contributed by atoms with Crippen LogP contribution in [0.2, 0.25) is 0 Å². The van der Waals surface area contributed by atoms with E-state index in [9.17, 15) is 24.9 Å². The Bertz CT molecular complexity index is 656. The Kier molecular flexibility index (Phi) is 9.07. The van der Waals surface area contributed by atoms with Crippen molar-refractivity contribution in [1.29, 1.82) is 0 Å². The molecule has 0 spiro atoms. The number of aliphatic hydroxyl groups is 3. The number of carbonyl (C=O) groups excluding carboxylic acids is 1. The van der Waals surface area contributed by atoms with Gasteiger partial charge in [0.1, 0.15) is 6.10 Å². The molecule has 0 saturated carbocycles. The molecule has 0 unspecified atom stereocenters. The maximum atomic E-state index is 12.4. The lowest BCUT2D eigenvalue weighted by molar-refractivity contribution is -0.157. The predicted molar refractivity (Wildman–Crippen MR) is 111 cm³/mol. The van der Waals surface area contributed by atoms with Crippen molar-refractivity contribution >= 4 is 11.9 Å². The highest BCUT2D eigenvalue weighted by atomic mass is 16.5. The van der Waals surface area contributed by atoms with Crippen LogP contribution in [0, 0.1) is 23.7 Å². The molecule has 0 aromatic rings. The van der Waals surface area contributed by atoms with E-state index in [4.69, 9.17) is 9.84 Å². The number of ether oxygens (including phenoxy) is 1. The number of aliphatic carboxylic acids is 1. The molecule has 30 heavy (non-hydrogen) atoms. The summed E-state index contributed by atoms with van der Waals surface area (Å²) in [5.41, 5.74) is 0.958. The second kappa shape index (κ2) is 11.1. The molecule has 2 aliphatic rings. The lowest BCUT2D eigenvalue weighted by Gasteiger charge is -2.44. The molecule has 0 radical (unpaired) electrons. The summed E-state index contributed by atoms with van der Waals surface area (Å²) in [6.07, 6.45) is 4.79. The maximum Gasteiger partial charge on any atom is 0.308 e. The Morgan fingerprint density at radius 1 is 1.27 bits per heavy atom. The number of carbonyl (C=O) groups is 2. The summed E-state index contributed by atoms with van der Waals surface area (Å²) in [6, 6.07) is 0. The van der Waals surface area contributed by atoms with Crippen LogP contribution in [0.3, 0.4) is 0 Å². The van der Waals surface area contributed by atoms with Gasteiger partial charge in [-0.05, 0) is 43.1 Å². The summed E-state index contributed by atoms with van der Waals surface area (Å²) in [5.74, 6) is -1.64. The Balaban J connectivity index is 2.09. The van der Waals surface area contributed by atoms with Crippen molar-refractivity contribution in [2.24, 2.45) is 23.7 Å². The Morgan fingerprint density at radius 3 is 2.60 bits per heavy atom. The molecular formula is C23H36O7. The fourth-order valence-electron chi connectivity index (χ4n) is 4.53. The zero-order valence-corrected chi connectivity index (χ0v) is 18.1. The van der Waals surface area contributed by atoms with Crippen LogP contribution in [0.25, 0.3) is 0 Å². The monoisotopic (exact) mass is 424 g/mol. The molecular weight excluding hydrogens is 388 g/mol. The van der Waals surface area contributed by atoms with E-state index < -0.39 is 30.7 Å². The van der Waals surface area contributed by atoms with Crippen molar-refractivity contribution in [3.05, 3.63) is 23.8 Å². The molecule has 0 bridgehead atoms. The number of aliphatic hydroxyl groups excluding tert-OH is 3. The molecule has 7 nitrogen and oxygen atoms in total. The van der Waals surface area contributed by atoms with Crippen LogP contribution >= 0.6 is 0 Å². The van der Waals surface area contributed by atoms with Gasteiger partial charge in [-0.3, -0.25) is 9.59 Å². The number of rotatable bonds is 10. The minimum atomic E-state index is -1.10. The van der Waals surface area contributed by atoms with Gasteiger partial charge in [0, 0.05) is 12.3 Å². The molecule has 170 valence electrons. The fraction of sp³-hybridized carbons (Fsp3) is 0.739. The summed E-state index contributed by atoms with van der Waals surface area (Å²) in [4.78, 5) is 23.1. The maximum absolute atomic E-state index is 12.4. The van der Waals surface area contributed by atoms with Crippen LogP contribution in [0.4, 0.5) is 0 Å². The van der Waals surface area contributed by atoms with Gasteiger partial charge in [0.25, 0.3) is 0 Å². The number of hydrogen-bond donors (Lipinski definition) is 4. The van der Waals surface area contributed by atoms with E-state index in [1.807, 2.05) is 39.0 Å². The summed E-state index contributed by atoms with van der Waals surface area (Å²) in [5, 5.41) is 39.3. The average Bonchev–Trinajstić information content (AvgIpc) is 2.67. The average molecular weight is 425 g/mol. The molecule has 0 aromatic carbocycles. The van der Waals surface area contributed by atoms with E-state index in [0.717, 1.165) is 5.57 Å². The van der Waals surface area contributed by atoms with Gasteiger partial charge in [-0.25, -0.2) is 0 Å². The second-order valence-electron chi connectivity index (χ2n) is 8.85. The van der Waals surface area contributed by atoms with Crippen LogP contribution in [0.1, 0.15) is 59.3 Å². The first kappa shape index (κ1) is 24.6. The third-order valence-corrected chi connectivity index (χ3v) is 6.57. The molecule has 4 N–H and O–H groups in total. The zero-order chi connectivity index (χ0) is 22.4. The highest BCUT2D eigenvalue weighted by molar-refractivity contribution is 5.72. The third-order valence-electron chi connectivity index (χ3n) is 6.57. The van der Waals surface area contributed by atoms with Gasteiger partial charge in [-0.2, -0.15) is 0 Å². The van der Waals surface area contributed by atoms with E-state index >= 15 is 0 Å². The molecule has 0 heterocycles. The number of fused-ring (bicyclic) bond motifs is 1. The van der Waals surface area contributed by atoms with Gasteiger partial charge >= 0.3 is 11.9 Å². The van der Waals surface area contributed by atoms with Crippen molar-refractivity contribution in [3.8, 4) is 0 Å². The highest BCUT2D eigenvalue weighted by Crippen LogP contribution is 2.44. The quantitative estimate of drug-likeness (QED) is 0.397. The SMILES string of the molecule is CC[C@H](C)C(=O)O[C@H]1CC=CC2=C[C@@H](O)[C@H](C)[C@H](CC[C@@H](O)C[C@@H](O)CC(=O)O)[C@H]21. The van der Waals surface area contributed by atoms with Gasteiger partial charge in [0.15, 0.2) is 0 Å². The van der Waals surface area contributed by atoms with Crippen molar-refractivity contribution in [1.82, 2.24) is 0 Å². The van der Waals surface area contributed by atoms with Crippen LogP contribution < -0.4 is 0 Å². The number of esters is 1. The van der Waals surface area contributed by atoms with Crippen LogP contribution in [-0.4, -0.2) is 56.8 Å². The molecule has 0 aromatic heterocycles. The number of carboxylic acid groups (broad SMARTS) is 1. The van der Waals surface area contributed by atoms with Crippen LogP contribution in [-0.2, 0) is 14.3 Å². The van der Waals surface area contributed by atoms with Gasteiger partial charge in [0.2, 0.25) is 0 Å². The van der Waals surface area contributed by atoms with E-state index in [-0.39, 0.29) is 42.2 Å². The lowest BCUT2D eigenvalue weighted by Crippen LogP contribution is -2.44. The summed E-state index contributed by atoms with van der Waals surface area (Å²) < 4.78 is 5.86. The standard InChI is InChI=1S/C23H36O7/c1-4-13(2)23(29)30-20-7-5-6-15-10-19(26)14(3)18(22(15)20)9-8-16(24)11-17(25)12-21(27)28/h5-6,10,13-14,16-20,22,24-26H,4,7-9,11-12H2,1-3H3,(H,27,28)/t13-,14+,16+,17+,18-,19+,20-,22-/m0/s1. The topological polar surface area (TPSA) is 124 Å². The lowest BCUT2D eigenvalue weighted by atomic mass is 9.65. The number of carboxylic acids is 1. The molecule has 2 aliphatic carbocycles. The molecule has 8 atom stereocenters. The fourth-order valence-corrected chi connectivity index (χ4v) is 4.53. The normalized spacial score (nSPS) is 31.3. The van der Waals surface area contributed by atoms with E-state index in [0.29, 0.717) is 25.7 Å². The smallest absolute Gasteiger partial charge is 0.308 e. The van der Waals surface area contributed by atoms with E-state index in [1.165, 1.54) is 0 Å². The summed E-state index contributed by atoms with van der Waals surface area (Å²) >= 11 is 0. The van der Waals surface area contributed by atoms with E-state index in [1.54, 1.807) is 0 Å². The molecule has 0 amide bonds. The third kappa shape index (κ3) is 6.40. The van der Waals surface area contributed by atoms with Gasteiger partial charge < -0.3 is 25.2 Å². The summed E-state index contributed by atoms with van der Waals surface area (Å²) in [6.45, 7) is 5.75. The van der Waals surface area contributed by atoms with Crippen molar-refractivity contribution < 1.29 is 34.8 Å². The molecule has 2 rings (SSSR count). The van der Waals surface area contributed by atoms with Gasteiger partial charge in [-0.1, -0.05) is 39.0 Å². The first-order valence-electron chi connectivity index (χ1n) is 11.0. The van der Waals surface area contributed by atoms with Gasteiger partial charge in [0.05, 0.1) is 30.7 Å². The molecule has 0 aliphatic heterocycles. The number of hydrogen-bond acceptors (Lipinski definition) is 6. The zero-order valence-electron chi connectivity index (χ0n) is 18.1. The predicted octanol–water partition coefficient (Wildman–Crippen LogP) is 2.44. The highest BCUT2D eigenvalue weighted by Gasteiger charge is 2.43. The first-order valence-corrected chi connectivity index (χ1v) is 11.0. The largest absolute Gasteiger partial charge is 0.481 e. The minimum Gasteiger partial charge on any atom is -0.481 e. The van der Waals surface area contributed by atoms with Gasteiger partial charge in [-0.15, -0.1) is 0 Å². The first-order chi connectivity index (χ1) is 14.1. The molecule has 7 heteroatoms. The molecule has 0 fully saturated rings. The summed E-state index contributed by atoms with van der Waals surface area (Å²) in [7, 11) is 0. The Hall–Kier alpha value is -1.70. The molecule has 0 saturated heterocycles. The Morgan fingerprint density at radius 2 is 1.97 bits per heavy atom. The van der Waals surface area contributed by atoms with Crippen molar-refractivity contribution in [2.75, 3.05) is 0 Å².